The molecule has 0 amide bonds. The molecule has 92 valence electrons. The van der Waals surface area contributed by atoms with E-state index in [2.05, 4.69) is 0 Å². The predicted octanol–water partition coefficient (Wildman–Crippen LogP) is 3.57. The van der Waals surface area contributed by atoms with Gasteiger partial charge in [0.2, 0.25) is 0 Å². The van der Waals surface area contributed by atoms with E-state index in [1.807, 2.05) is 0 Å². The smallest absolute Gasteiger partial charge is 0.126 e. The zero-order valence-electron chi connectivity index (χ0n) is 9.63. The summed E-state index contributed by atoms with van der Waals surface area (Å²) in [4.78, 5) is 0. The fraction of sp³-hybridized carbons (Fsp3) is 0.571. The molecule has 0 spiro atoms. The average molecular weight is 255 g/mol. The zero-order chi connectivity index (χ0) is 12.0. The summed E-state index contributed by atoms with van der Waals surface area (Å²) in [5, 5.41) is 11.2. The van der Waals surface area contributed by atoms with Gasteiger partial charge >= 0.3 is 0 Å². The summed E-state index contributed by atoms with van der Waals surface area (Å²) in [6.07, 6.45) is 4.65. The van der Waals surface area contributed by atoms with Gasteiger partial charge in [-0.25, -0.2) is 4.39 Å². The summed E-state index contributed by atoms with van der Waals surface area (Å²) in [5.74, 6) is 0.740. The van der Waals surface area contributed by atoms with Crippen molar-refractivity contribution in [3.05, 3.63) is 34.6 Å². The van der Waals surface area contributed by atoms with Gasteiger partial charge in [-0.2, -0.15) is 0 Å². The summed E-state index contributed by atoms with van der Waals surface area (Å²) in [7, 11) is 0. The molecule has 0 saturated heterocycles. The van der Waals surface area contributed by atoms with Gasteiger partial charge in [-0.1, -0.05) is 11.6 Å². The molecule has 1 nitrogen and oxygen atoms in total. The standard InChI is InChI=1S/C14H16ClFO/c15-12-3-4-13(16)10(6-12)8-14(17)7-9-1-2-11(14)5-9/h3-4,6,9,11,17H,1-2,5,7-8H2. The molecule has 17 heavy (non-hydrogen) atoms. The maximum absolute atomic E-state index is 13.7. The van der Waals surface area contributed by atoms with Crippen molar-refractivity contribution in [1.82, 2.24) is 0 Å². The third-order valence-corrected chi connectivity index (χ3v) is 4.68. The SMILES string of the molecule is OC1(Cc2cc(Cl)ccc2F)CC2CCC1C2. The molecule has 3 rings (SSSR count). The van der Waals surface area contributed by atoms with Crippen LogP contribution in [0.15, 0.2) is 18.2 Å². The lowest BCUT2D eigenvalue weighted by Gasteiger charge is -2.32. The summed E-state index contributed by atoms with van der Waals surface area (Å²) >= 11 is 5.88. The molecule has 2 fully saturated rings. The second kappa shape index (κ2) is 3.96. The Morgan fingerprint density at radius 1 is 1.41 bits per heavy atom. The molecular formula is C14H16ClFO. The molecule has 3 atom stereocenters. The number of fused-ring (bicyclic) bond motifs is 2. The summed E-state index contributed by atoms with van der Waals surface area (Å²) in [5.41, 5.74) is -0.151. The molecular weight excluding hydrogens is 239 g/mol. The summed E-state index contributed by atoms with van der Waals surface area (Å²) in [6.45, 7) is 0. The summed E-state index contributed by atoms with van der Waals surface area (Å²) in [6, 6.07) is 4.57. The molecule has 3 heteroatoms. The van der Waals surface area contributed by atoms with Crippen LogP contribution in [0.3, 0.4) is 0 Å². The van der Waals surface area contributed by atoms with E-state index in [0.717, 1.165) is 19.3 Å². The molecule has 2 aliphatic carbocycles. The van der Waals surface area contributed by atoms with E-state index in [0.29, 0.717) is 28.8 Å². The van der Waals surface area contributed by atoms with Gasteiger partial charge in [0.05, 0.1) is 5.60 Å². The van der Waals surface area contributed by atoms with Gasteiger partial charge in [0.25, 0.3) is 0 Å². The van der Waals surface area contributed by atoms with Crippen LogP contribution in [0.25, 0.3) is 0 Å². The van der Waals surface area contributed by atoms with Crippen LogP contribution in [0.1, 0.15) is 31.2 Å². The first-order valence-corrected chi connectivity index (χ1v) is 6.61. The lowest BCUT2D eigenvalue weighted by molar-refractivity contribution is -0.0131. The van der Waals surface area contributed by atoms with E-state index in [1.165, 1.54) is 12.5 Å². The highest BCUT2D eigenvalue weighted by molar-refractivity contribution is 6.30. The Kier molecular flexibility index (Phi) is 2.68. The number of benzene rings is 1. The molecule has 0 heterocycles. The first-order chi connectivity index (χ1) is 8.07. The Morgan fingerprint density at radius 2 is 2.24 bits per heavy atom. The van der Waals surface area contributed by atoms with Crippen LogP contribution >= 0.6 is 11.6 Å². The Bertz CT molecular complexity index is 448. The molecule has 2 bridgehead atoms. The van der Waals surface area contributed by atoms with Crippen molar-refractivity contribution in [2.24, 2.45) is 11.8 Å². The van der Waals surface area contributed by atoms with E-state index < -0.39 is 5.60 Å². The van der Waals surface area contributed by atoms with E-state index in [-0.39, 0.29) is 5.82 Å². The van der Waals surface area contributed by atoms with Crippen LogP contribution in [-0.4, -0.2) is 10.7 Å². The number of hydrogen-bond acceptors (Lipinski definition) is 1. The molecule has 1 aromatic rings. The van der Waals surface area contributed by atoms with Crippen LogP contribution < -0.4 is 0 Å². The van der Waals surface area contributed by atoms with Crippen molar-refractivity contribution < 1.29 is 9.50 Å². The van der Waals surface area contributed by atoms with Gasteiger partial charge in [0, 0.05) is 11.4 Å². The number of rotatable bonds is 2. The van der Waals surface area contributed by atoms with Crippen molar-refractivity contribution in [1.29, 1.82) is 0 Å². The van der Waals surface area contributed by atoms with Crippen molar-refractivity contribution in [3.63, 3.8) is 0 Å². The monoisotopic (exact) mass is 254 g/mol. The minimum absolute atomic E-state index is 0.259. The molecule has 2 aliphatic rings. The number of hydrogen-bond donors (Lipinski definition) is 1. The maximum atomic E-state index is 13.7. The first kappa shape index (κ1) is 11.5. The number of aliphatic hydroxyl groups is 1. The van der Waals surface area contributed by atoms with Gasteiger partial charge in [0.15, 0.2) is 0 Å². The highest BCUT2D eigenvalue weighted by atomic mass is 35.5. The van der Waals surface area contributed by atoms with Crippen LogP contribution in [0.4, 0.5) is 4.39 Å². The van der Waals surface area contributed by atoms with Crippen LogP contribution in [0.2, 0.25) is 5.02 Å². The fourth-order valence-corrected chi connectivity index (χ4v) is 3.83. The van der Waals surface area contributed by atoms with E-state index in [9.17, 15) is 9.50 Å². The molecule has 0 radical (unpaired) electrons. The molecule has 1 N–H and O–H groups in total. The normalized spacial score (nSPS) is 35.5. The summed E-state index contributed by atoms with van der Waals surface area (Å²) < 4.78 is 13.7. The van der Waals surface area contributed by atoms with E-state index in [1.54, 1.807) is 12.1 Å². The highest BCUT2D eigenvalue weighted by Gasteiger charge is 2.49. The highest BCUT2D eigenvalue weighted by Crippen LogP contribution is 2.52. The van der Waals surface area contributed by atoms with Gasteiger partial charge in [0.1, 0.15) is 5.82 Å². The Morgan fingerprint density at radius 3 is 2.88 bits per heavy atom. The fourth-order valence-electron chi connectivity index (χ4n) is 3.64. The lowest BCUT2D eigenvalue weighted by atomic mass is 9.80. The van der Waals surface area contributed by atoms with Crippen LogP contribution in [-0.2, 0) is 6.42 Å². The average Bonchev–Trinajstić information content (AvgIpc) is 2.83. The van der Waals surface area contributed by atoms with Crippen LogP contribution in [0, 0.1) is 17.7 Å². The second-order valence-electron chi connectivity index (χ2n) is 5.60. The van der Waals surface area contributed by atoms with Gasteiger partial charge in [-0.3, -0.25) is 0 Å². The van der Waals surface area contributed by atoms with Crippen LogP contribution in [0.5, 0.6) is 0 Å². The zero-order valence-corrected chi connectivity index (χ0v) is 10.4. The lowest BCUT2D eigenvalue weighted by Crippen LogP contribution is -2.37. The van der Waals surface area contributed by atoms with E-state index in [4.69, 9.17) is 11.6 Å². The predicted molar refractivity (Wildman–Crippen MR) is 65.5 cm³/mol. The largest absolute Gasteiger partial charge is 0.389 e. The quantitative estimate of drug-likeness (QED) is 0.856. The Hall–Kier alpha value is -0.600. The molecule has 2 saturated carbocycles. The van der Waals surface area contributed by atoms with Crippen molar-refractivity contribution >= 4 is 11.6 Å². The third kappa shape index (κ3) is 1.98. The van der Waals surface area contributed by atoms with Crippen molar-refractivity contribution in [2.75, 3.05) is 0 Å². The third-order valence-electron chi connectivity index (χ3n) is 4.45. The second-order valence-corrected chi connectivity index (χ2v) is 6.03. The molecule has 3 unspecified atom stereocenters. The van der Waals surface area contributed by atoms with E-state index >= 15 is 0 Å². The minimum atomic E-state index is -0.700. The maximum Gasteiger partial charge on any atom is 0.126 e. The number of halogens is 2. The van der Waals surface area contributed by atoms with Gasteiger partial charge in [-0.15, -0.1) is 0 Å². The van der Waals surface area contributed by atoms with Gasteiger partial charge < -0.3 is 5.11 Å². The van der Waals surface area contributed by atoms with Crippen molar-refractivity contribution in [2.45, 2.75) is 37.7 Å². The Balaban J connectivity index is 1.85. The van der Waals surface area contributed by atoms with Crippen molar-refractivity contribution in [3.8, 4) is 0 Å². The molecule has 0 aliphatic heterocycles. The first-order valence-electron chi connectivity index (χ1n) is 6.23. The molecule has 0 aromatic heterocycles. The Labute approximate surface area is 106 Å². The minimum Gasteiger partial charge on any atom is -0.389 e. The topological polar surface area (TPSA) is 20.2 Å². The van der Waals surface area contributed by atoms with Gasteiger partial charge in [-0.05, 0) is 61.3 Å². The molecule has 1 aromatic carbocycles.